The van der Waals surface area contributed by atoms with Crippen LogP contribution in [0.1, 0.15) is 23.4 Å². The van der Waals surface area contributed by atoms with Crippen molar-refractivity contribution in [1.29, 1.82) is 0 Å². The summed E-state index contributed by atoms with van der Waals surface area (Å²) in [5.41, 5.74) is 0. The molecule has 1 aromatic rings. The molecule has 1 fully saturated rings. The summed E-state index contributed by atoms with van der Waals surface area (Å²) in [7, 11) is 0. The van der Waals surface area contributed by atoms with Crippen LogP contribution in [0.25, 0.3) is 0 Å². The fraction of sp³-hybridized carbons (Fsp3) is 0.571. The van der Waals surface area contributed by atoms with Crippen LogP contribution in [0.15, 0.2) is 22.8 Å². The average Bonchev–Trinajstić information content (AvgIpc) is 3.00. The predicted molar refractivity (Wildman–Crippen MR) is 76.0 cm³/mol. The Labute approximate surface area is 123 Å². The molecule has 0 atom stereocenters. The topological polar surface area (TPSA) is 53.8 Å². The lowest BCUT2D eigenvalue weighted by molar-refractivity contribution is -0.132. The summed E-state index contributed by atoms with van der Waals surface area (Å²) < 4.78 is 5.09. The summed E-state index contributed by atoms with van der Waals surface area (Å²) in [5.74, 6) is 1.05. The summed E-state index contributed by atoms with van der Waals surface area (Å²) in [6.07, 6.45) is 2.73. The normalized spacial score (nSPS) is 16.4. The first-order valence-corrected chi connectivity index (χ1v) is 7.37. The van der Waals surface area contributed by atoms with Gasteiger partial charge in [-0.05, 0) is 18.6 Å². The zero-order valence-corrected chi connectivity index (χ0v) is 12.1. The minimum atomic E-state index is -0.0167. The summed E-state index contributed by atoms with van der Waals surface area (Å²) in [4.78, 5) is 27.6. The van der Waals surface area contributed by atoms with E-state index in [-0.39, 0.29) is 11.7 Å². The minimum absolute atomic E-state index is 0.0167. The SMILES string of the molecule is O=C(CN1CCN(C(=O)CCCCl)CC1)c1ccco1. The fourth-order valence-electron chi connectivity index (χ4n) is 2.25. The van der Waals surface area contributed by atoms with E-state index >= 15 is 0 Å². The van der Waals surface area contributed by atoms with Crippen LogP contribution in [0, 0.1) is 0 Å². The van der Waals surface area contributed by atoms with Crippen molar-refractivity contribution in [3.05, 3.63) is 24.2 Å². The standard InChI is InChI=1S/C14H19ClN2O3/c15-5-1-4-14(19)17-8-6-16(7-9-17)11-12(18)13-3-2-10-20-13/h2-3,10H,1,4-9,11H2. The molecule has 1 amide bonds. The van der Waals surface area contributed by atoms with E-state index in [1.807, 2.05) is 4.90 Å². The highest BCUT2D eigenvalue weighted by atomic mass is 35.5. The number of ketones is 1. The van der Waals surface area contributed by atoms with Crippen LogP contribution in [-0.2, 0) is 4.79 Å². The van der Waals surface area contributed by atoms with E-state index in [2.05, 4.69) is 4.90 Å². The van der Waals surface area contributed by atoms with Crippen LogP contribution in [0.4, 0.5) is 0 Å². The summed E-state index contributed by atoms with van der Waals surface area (Å²) >= 11 is 5.59. The van der Waals surface area contributed by atoms with Crippen LogP contribution in [-0.4, -0.2) is 60.1 Å². The first-order valence-electron chi connectivity index (χ1n) is 6.83. The Morgan fingerprint density at radius 3 is 2.60 bits per heavy atom. The van der Waals surface area contributed by atoms with Crippen LogP contribution in [0.3, 0.4) is 0 Å². The maximum atomic E-state index is 11.9. The molecule has 0 N–H and O–H groups in total. The van der Waals surface area contributed by atoms with Crippen LogP contribution >= 0.6 is 11.6 Å². The number of nitrogens with zero attached hydrogens (tertiary/aromatic N) is 2. The van der Waals surface area contributed by atoms with Gasteiger partial charge in [-0.1, -0.05) is 0 Å². The van der Waals surface area contributed by atoms with Crippen molar-refractivity contribution in [2.24, 2.45) is 0 Å². The quantitative estimate of drug-likeness (QED) is 0.592. The van der Waals surface area contributed by atoms with Crippen molar-refractivity contribution in [3.63, 3.8) is 0 Å². The summed E-state index contributed by atoms with van der Waals surface area (Å²) in [5, 5.41) is 0. The van der Waals surface area contributed by atoms with Gasteiger partial charge in [-0.15, -0.1) is 11.6 Å². The third kappa shape index (κ3) is 4.08. The van der Waals surface area contributed by atoms with Crippen molar-refractivity contribution in [2.75, 3.05) is 38.6 Å². The first-order chi connectivity index (χ1) is 9.70. The number of carbonyl (C=O) groups excluding carboxylic acids is 2. The van der Waals surface area contributed by atoms with Crippen LogP contribution in [0.5, 0.6) is 0 Å². The molecule has 6 heteroatoms. The van der Waals surface area contributed by atoms with Gasteiger partial charge in [0.05, 0.1) is 12.8 Å². The van der Waals surface area contributed by atoms with E-state index in [1.165, 1.54) is 6.26 Å². The third-order valence-electron chi connectivity index (χ3n) is 3.41. The van der Waals surface area contributed by atoms with Crippen molar-refractivity contribution in [1.82, 2.24) is 9.80 Å². The Balaban J connectivity index is 1.74. The zero-order chi connectivity index (χ0) is 14.4. The molecule has 2 heterocycles. The first kappa shape index (κ1) is 15.1. The lowest BCUT2D eigenvalue weighted by Crippen LogP contribution is -2.49. The van der Waals surface area contributed by atoms with Crippen LogP contribution in [0.2, 0.25) is 0 Å². The van der Waals surface area contributed by atoms with Crippen molar-refractivity contribution >= 4 is 23.3 Å². The van der Waals surface area contributed by atoms with E-state index in [0.717, 1.165) is 19.5 Å². The lowest BCUT2D eigenvalue weighted by Gasteiger charge is -2.34. The summed E-state index contributed by atoms with van der Waals surface area (Å²) in [6.45, 7) is 3.13. The van der Waals surface area contributed by atoms with Crippen molar-refractivity contribution < 1.29 is 14.0 Å². The number of rotatable bonds is 6. The number of amides is 1. The Morgan fingerprint density at radius 1 is 1.25 bits per heavy atom. The van der Waals surface area contributed by atoms with Gasteiger partial charge in [-0.25, -0.2) is 0 Å². The summed E-state index contributed by atoms with van der Waals surface area (Å²) in [6, 6.07) is 3.38. The highest BCUT2D eigenvalue weighted by Crippen LogP contribution is 2.08. The second-order valence-corrected chi connectivity index (χ2v) is 5.23. The molecule has 20 heavy (non-hydrogen) atoms. The maximum absolute atomic E-state index is 11.9. The molecule has 1 aliphatic heterocycles. The molecule has 0 bridgehead atoms. The van der Waals surface area contributed by atoms with Gasteiger partial charge in [0.15, 0.2) is 5.76 Å². The molecular weight excluding hydrogens is 280 g/mol. The third-order valence-corrected chi connectivity index (χ3v) is 3.68. The Hall–Kier alpha value is -1.33. The highest BCUT2D eigenvalue weighted by molar-refractivity contribution is 6.17. The molecule has 5 nitrogen and oxygen atoms in total. The van der Waals surface area contributed by atoms with Gasteiger partial charge in [0.25, 0.3) is 0 Å². The monoisotopic (exact) mass is 298 g/mol. The molecule has 0 unspecified atom stereocenters. The van der Waals surface area contributed by atoms with Gasteiger partial charge < -0.3 is 9.32 Å². The molecule has 1 aromatic heterocycles. The van der Waals surface area contributed by atoms with Gasteiger partial charge in [-0.3, -0.25) is 14.5 Å². The van der Waals surface area contributed by atoms with Gasteiger partial charge in [0.2, 0.25) is 11.7 Å². The molecular formula is C14H19ClN2O3. The lowest BCUT2D eigenvalue weighted by atomic mass is 10.2. The second-order valence-electron chi connectivity index (χ2n) is 4.85. The number of hydrogen-bond donors (Lipinski definition) is 0. The number of hydrogen-bond acceptors (Lipinski definition) is 4. The molecule has 2 rings (SSSR count). The van der Waals surface area contributed by atoms with Crippen molar-refractivity contribution in [2.45, 2.75) is 12.8 Å². The number of piperazine rings is 1. The number of carbonyl (C=O) groups is 2. The van der Waals surface area contributed by atoms with E-state index in [0.29, 0.717) is 37.7 Å². The van der Waals surface area contributed by atoms with Gasteiger partial charge in [0, 0.05) is 38.5 Å². The maximum Gasteiger partial charge on any atom is 0.222 e. The van der Waals surface area contributed by atoms with E-state index < -0.39 is 0 Å². The largest absolute Gasteiger partial charge is 0.461 e. The molecule has 110 valence electrons. The van der Waals surface area contributed by atoms with Gasteiger partial charge in [0.1, 0.15) is 0 Å². The Morgan fingerprint density at radius 2 is 2.00 bits per heavy atom. The smallest absolute Gasteiger partial charge is 0.222 e. The van der Waals surface area contributed by atoms with E-state index in [4.69, 9.17) is 16.0 Å². The van der Waals surface area contributed by atoms with Crippen LogP contribution < -0.4 is 0 Å². The highest BCUT2D eigenvalue weighted by Gasteiger charge is 2.22. The number of alkyl halides is 1. The number of Topliss-reactive ketones (excluding diaryl/α,β-unsaturated/α-hetero) is 1. The predicted octanol–water partition coefficient (Wildman–Crippen LogP) is 1.63. The van der Waals surface area contributed by atoms with E-state index in [1.54, 1.807) is 12.1 Å². The van der Waals surface area contributed by atoms with E-state index in [9.17, 15) is 9.59 Å². The molecule has 1 aliphatic rings. The van der Waals surface area contributed by atoms with Gasteiger partial charge >= 0.3 is 0 Å². The Bertz CT molecular complexity index is 439. The Kier molecular flexibility index (Phi) is 5.61. The zero-order valence-electron chi connectivity index (χ0n) is 11.4. The molecule has 0 aromatic carbocycles. The molecule has 0 aliphatic carbocycles. The molecule has 0 spiro atoms. The number of furan rings is 1. The molecule has 0 saturated carbocycles. The molecule has 1 saturated heterocycles. The molecule has 0 radical (unpaired) electrons. The van der Waals surface area contributed by atoms with Crippen molar-refractivity contribution in [3.8, 4) is 0 Å². The number of halogens is 1. The second kappa shape index (κ2) is 7.45. The average molecular weight is 299 g/mol. The minimum Gasteiger partial charge on any atom is -0.461 e. The fourth-order valence-corrected chi connectivity index (χ4v) is 2.38. The van der Waals surface area contributed by atoms with Gasteiger partial charge in [-0.2, -0.15) is 0 Å².